The minimum absolute atomic E-state index is 0.335. The lowest BCUT2D eigenvalue weighted by Crippen LogP contribution is -2.24. The molecule has 206 valence electrons. The van der Waals surface area contributed by atoms with Gasteiger partial charge in [0.2, 0.25) is 0 Å². The third-order valence-corrected chi connectivity index (χ3v) is 7.57. The number of halogens is 1. The van der Waals surface area contributed by atoms with Crippen LogP contribution in [0.2, 0.25) is 0 Å². The summed E-state index contributed by atoms with van der Waals surface area (Å²) < 4.78 is 22.5. The second-order valence-electron chi connectivity index (χ2n) is 9.84. The molecule has 5 aromatic heterocycles. The molecule has 0 saturated carbocycles. The van der Waals surface area contributed by atoms with Crippen molar-refractivity contribution in [2.75, 3.05) is 18.4 Å². The topological polar surface area (TPSA) is 105 Å². The number of nitrogens with one attached hydrogen (secondary N) is 2. The first-order chi connectivity index (χ1) is 19.5. The van der Waals surface area contributed by atoms with Crippen LogP contribution in [0.5, 0.6) is 0 Å². The molecule has 0 amide bonds. The van der Waals surface area contributed by atoms with Crippen LogP contribution in [-0.2, 0) is 13.1 Å². The van der Waals surface area contributed by atoms with Gasteiger partial charge in [0.05, 0.1) is 41.5 Å². The van der Waals surface area contributed by atoms with Crippen LogP contribution in [0.3, 0.4) is 0 Å². The summed E-state index contributed by atoms with van der Waals surface area (Å²) >= 11 is 1.43. The number of anilines is 2. The van der Waals surface area contributed by atoms with E-state index in [-0.39, 0.29) is 5.82 Å². The largest absolute Gasteiger partial charge is 0.340 e. The minimum Gasteiger partial charge on any atom is -0.340 e. The number of imidazole rings is 2. The highest BCUT2D eigenvalue weighted by atomic mass is 32.1. The summed E-state index contributed by atoms with van der Waals surface area (Å²) in [5.74, 6) is 0.969. The summed E-state index contributed by atoms with van der Waals surface area (Å²) in [4.78, 5) is 19.4. The fourth-order valence-electron chi connectivity index (χ4n) is 4.79. The predicted octanol–water partition coefficient (Wildman–Crippen LogP) is 5.79. The van der Waals surface area contributed by atoms with E-state index in [4.69, 9.17) is 4.98 Å². The molecule has 0 aliphatic carbocycles. The van der Waals surface area contributed by atoms with Gasteiger partial charge in [-0.05, 0) is 56.2 Å². The van der Waals surface area contributed by atoms with Crippen molar-refractivity contribution in [1.82, 2.24) is 43.4 Å². The molecule has 6 aromatic rings. The number of nitrogens with zero attached hydrogens (tertiary/aromatic N) is 8. The number of fused-ring (bicyclic) bond motifs is 2. The Hall–Kier alpha value is -4.16. The first-order valence-corrected chi connectivity index (χ1v) is 14.2. The van der Waals surface area contributed by atoms with Gasteiger partial charge in [0.25, 0.3) is 0 Å². The second kappa shape index (κ2) is 11.1. The van der Waals surface area contributed by atoms with Gasteiger partial charge in [0, 0.05) is 24.5 Å². The fourth-order valence-corrected chi connectivity index (χ4v) is 5.44. The molecule has 12 heteroatoms. The SMILES string of the molecule is CCCCN(CC)Cc1cc(Nc2nc(C)cn3c(-c4cnn(Cc5nc6c(F)cccc6[nH]5)c4)cnc23)sn1. The smallest absolute Gasteiger partial charge is 0.180 e. The molecule has 0 spiro atoms. The summed E-state index contributed by atoms with van der Waals surface area (Å²) in [5.41, 5.74) is 5.42. The third kappa shape index (κ3) is 5.32. The average molecular weight is 559 g/mol. The van der Waals surface area contributed by atoms with Crippen molar-refractivity contribution in [1.29, 1.82) is 0 Å². The molecule has 10 nitrogen and oxygen atoms in total. The normalized spacial score (nSPS) is 11.8. The molecule has 0 saturated heterocycles. The zero-order valence-electron chi connectivity index (χ0n) is 22.7. The van der Waals surface area contributed by atoms with Crippen molar-refractivity contribution in [2.24, 2.45) is 0 Å². The standard InChI is InChI=1S/C28H31FN10S/c1-4-6-10-37(5-2)16-20-11-25(40-36-20)35-27-28-30-13-23(39(28)14-18(3)32-27)19-12-31-38(15-19)17-24-33-22-9-7-8-21(29)26(22)34-24/h7-9,11-15H,4-6,10,16-17H2,1-3H3,(H,32,35)(H,33,34). The van der Waals surface area contributed by atoms with Gasteiger partial charge >= 0.3 is 0 Å². The van der Waals surface area contributed by atoms with Crippen molar-refractivity contribution in [3.05, 3.63) is 72.1 Å². The fraction of sp³-hybridized carbons (Fsp3) is 0.321. The zero-order chi connectivity index (χ0) is 27.6. The number of unbranched alkanes of at least 4 members (excludes halogenated alkanes) is 1. The highest BCUT2D eigenvalue weighted by Crippen LogP contribution is 2.28. The van der Waals surface area contributed by atoms with Crippen molar-refractivity contribution >= 4 is 39.0 Å². The molecular weight excluding hydrogens is 527 g/mol. The van der Waals surface area contributed by atoms with Gasteiger partial charge < -0.3 is 10.3 Å². The Morgan fingerprint density at radius 2 is 2.05 bits per heavy atom. The second-order valence-corrected chi connectivity index (χ2v) is 10.6. The number of H-pyrrole nitrogens is 1. The number of para-hydroxylation sites is 1. The molecule has 0 aliphatic heterocycles. The maximum Gasteiger partial charge on any atom is 0.180 e. The zero-order valence-corrected chi connectivity index (χ0v) is 23.5. The molecule has 0 fully saturated rings. The van der Waals surface area contributed by atoms with E-state index < -0.39 is 0 Å². The maximum absolute atomic E-state index is 14.1. The number of aromatic amines is 1. The molecule has 6 rings (SSSR count). The Labute approximate surface area is 235 Å². The molecule has 0 bridgehead atoms. The predicted molar refractivity (Wildman–Crippen MR) is 155 cm³/mol. The summed E-state index contributed by atoms with van der Waals surface area (Å²) in [5, 5.41) is 8.88. The average Bonchev–Trinajstić information content (AvgIpc) is 3.74. The Bertz CT molecular complexity index is 1760. The third-order valence-electron chi connectivity index (χ3n) is 6.83. The molecule has 0 radical (unpaired) electrons. The van der Waals surface area contributed by atoms with Gasteiger partial charge in [-0.2, -0.15) is 9.47 Å². The van der Waals surface area contributed by atoms with E-state index in [0.29, 0.717) is 34.9 Å². The van der Waals surface area contributed by atoms with Crippen LogP contribution in [0.25, 0.3) is 27.9 Å². The first-order valence-electron chi connectivity index (χ1n) is 13.5. The monoisotopic (exact) mass is 558 g/mol. The number of hydrogen-bond acceptors (Lipinski definition) is 8. The number of aryl methyl sites for hydroxylation is 1. The Morgan fingerprint density at radius 3 is 2.88 bits per heavy atom. The first kappa shape index (κ1) is 26.1. The van der Waals surface area contributed by atoms with E-state index >= 15 is 0 Å². The summed E-state index contributed by atoms with van der Waals surface area (Å²) in [7, 11) is 0. The Morgan fingerprint density at radius 1 is 1.15 bits per heavy atom. The van der Waals surface area contributed by atoms with Crippen LogP contribution in [0.1, 0.15) is 43.9 Å². The lowest BCUT2D eigenvalue weighted by molar-refractivity contribution is 0.273. The molecule has 5 heterocycles. The van der Waals surface area contributed by atoms with Crippen LogP contribution < -0.4 is 5.32 Å². The van der Waals surface area contributed by atoms with Gasteiger partial charge in [0.15, 0.2) is 17.3 Å². The molecular formula is C28H31FN10S. The number of rotatable bonds is 11. The lowest BCUT2D eigenvalue weighted by Gasteiger charge is -2.18. The van der Waals surface area contributed by atoms with E-state index in [1.807, 2.05) is 36.0 Å². The summed E-state index contributed by atoms with van der Waals surface area (Å²) in [6, 6.07) is 6.98. The van der Waals surface area contributed by atoms with Gasteiger partial charge in [-0.25, -0.2) is 19.3 Å². The van der Waals surface area contributed by atoms with Crippen LogP contribution in [0.15, 0.2) is 49.1 Å². The highest BCUT2D eigenvalue weighted by Gasteiger charge is 2.16. The number of aromatic nitrogens is 8. The molecule has 2 N–H and O–H groups in total. The van der Waals surface area contributed by atoms with Crippen LogP contribution in [0, 0.1) is 12.7 Å². The minimum atomic E-state index is -0.343. The van der Waals surface area contributed by atoms with Gasteiger partial charge in [-0.1, -0.05) is 26.3 Å². The van der Waals surface area contributed by atoms with Crippen molar-refractivity contribution in [3.63, 3.8) is 0 Å². The quantitative estimate of drug-likeness (QED) is 0.207. The van der Waals surface area contributed by atoms with Crippen LogP contribution >= 0.6 is 11.5 Å². The van der Waals surface area contributed by atoms with Crippen molar-refractivity contribution < 1.29 is 4.39 Å². The van der Waals surface area contributed by atoms with Gasteiger partial charge in [-0.3, -0.25) is 14.0 Å². The summed E-state index contributed by atoms with van der Waals surface area (Å²) in [6.07, 6.45) is 9.89. The van der Waals surface area contributed by atoms with Crippen LogP contribution in [0.4, 0.5) is 15.2 Å². The molecule has 0 aliphatic rings. The van der Waals surface area contributed by atoms with Crippen molar-refractivity contribution in [2.45, 2.75) is 46.7 Å². The maximum atomic E-state index is 14.1. The number of hydrogen-bond donors (Lipinski definition) is 2. The molecule has 1 aromatic carbocycles. The van der Waals surface area contributed by atoms with Crippen LogP contribution in [-0.4, -0.2) is 56.5 Å². The van der Waals surface area contributed by atoms with Gasteiger partial charge in [0.1, 0.15) is 16.3 Å². The summed E-state index contributed by atoms with van der Waals surface area (Å²) in [6.45, 7) is 9.68. The molecule has 40 heavy (non-hydrogen) atoms. The van der Waals surface area contributed by atoms with E-state index in [0.717, 1.165) is 47.3 Å². The lowest BCUT2D eigenvalue weighted by atomic mass is 10.3. The highest BCUT2D eigenvalue weighted by molar-refractivity contribution is 7.10. The molecule has 0 unspecified atom stereocenters. The Balaban J connectivity index is 1.22. The molecule has 0 atom stereocenters. The van der Waals surface area contributed by atoms with E-state index in [2.05, 4.69) is 54.6 Å². The number of benzene rings is 1. The van der Waals surface area contributed by atoms with E-state index in [9.17, 15) is 4.39 Å². The van der Waals surface area contributed by atoms with Crippen molar-refractivity contribution in [3.8, 4) is 11.3 Å². The van der Waals surface area contributed by atoms with E-state index in [1.165, 1.54) is 30.4 Å². The van der Waals surface area contributed by atoms with Gasteiger partial charge in [-0.15, -0.1) is 0 Å². The van der Waals surface area contributed by atoms with E-state index in [1.54, 1.807) is 16.9 Å². The Kier molecular flexibility index (Phi) is 7.27.